The number of nitrogens with zero attached hydrogens (tertiary/aromatic N) is 2. The molecule has 0 aromatic heterocycles. The number of ether oxygens (including phenoxy) is 2. The summed E-state index contributed by atoms with van der Waals surface area (Å²) in [5.74, 6) is 0.528. The van der Waals surface area contributed by atoms with Crippen LogP contribution in [0.2, 0.25) is 0 Å². The smallest absolute Gasteiger partial charge is 0.253 e. The molecular formula is C22H28ClN3O4. The molecule has 2 N–H and O–H groups in total. The molecule has 1 saturated heterocycles. The Morgan fingerprint density at radius 2 is 1.57 bits per heavy atom. The summed E-state index contributed by atoms with van der Waals surface area (Å²) in [6.07, 6.45) is 0. The first-order valence-electron chi connectivity index (χ1n) is 9.68. The van der Waals surface area contributed by atoms with Gasteiger partial charge in [-0.05, 0) is 29.8 Å². The van der Waals surface area contributed by atoms with Gasteiger partial charge in [0.2, 0.25) is 5.91 Å². The number of carbonyl (C=O) groups is 2. The van der Waals surface area contributed by atoms with E-state index in [0.717, 1.165) is 5.56 Å². The number of carbonyl (C=O) groups excluding carboxylic acids is 2. The standard InChI is InChI=1S/C22H27N3O4.ClH/c1-28-16-20(23)22(27)25-13-11-24(12-14-25)21(26)18-7-9-19(10-8-18)29-15-17-5-3-2-4-6-17;/h2-10,20H,11-16,23H2,1H3;1H. The maximum atomic E-state index is 12.7. The third-order valence-corrected chi connectivity index (χ3v) is 4.89. The Balaban J connectivity index is 0.00000320. The van der Waals surface area contributed by atoms with Gasteiger partial charge in [-0.15, -0.1) is 12.4 Å². The summed E-state index contributed by atoms with van der Waals surface area (Å²) in [7, 11) is 1.52. The zero-order valence-corrected chi connectivity index (χ0v) is 17.8. The molecule has 0 radical (unpaired) electrons. The maximum absolute atomic E-state index is 12.7. The molecule has 3 rings (SSSR count). The van der Waals surface area contributed by atoms with E-state index >= 15 is 0 Å². The molecule has 2 amide bonds. The third kappa shape index (κ3) is 6.19. The van der Waals surface area contributed by atoms with E-state index in [1.807, 2.05) is 30.3 Å². The molecule has 2 aromatic carbocycles. The fraction of sp³-hybridized carbons (Fsp3) is 0.364. The Morgan fingerprint density at radius 3 is 2.17 bits per heavy atom. The Morgan fingerprint density at radius 1 is 0.967 bits per heavy atom. The lowest BCUT2D eigenvalue weighted by atomic mass is 10.1. The second-order valence-corrected chi connectivity index (χ2v) is 6.98. The number of amides is 2. The van der Waals surface area contributed by atoms with E-state index in [1.54, 1.807) is 34.1 Å². The van der Waals surface area contributed by atoms with Gasteiger partial charge >= 0.3 is 0 Å². The quantitative estimate of drug-likeness (QED) is 0.721. The van der Waals surface area contributed by atoms with Crippen molar-refractivity contribution in [2.75, 3.05) is 39.9 Å². The minimum atomic E-state index is -0.661. The minimum absolute atomic E-state index is 0. The van der Waals surface area contributed by atoms with Gasteiger partial charge in [0.25, 0.3) is 5.91 Å². The Kier molecular flexibility index (Phi) is 9.11. The lowest BCUT2D eigenvalue weighted by Gasteiger charge is -2.35. The van der Waals surface area contributed by atoms with E-state index in [9.17, 15) is 9.59 Å². The average Bonchev–Trinajstić information content (AvgIpc) is 2.78. The highest BCUT2D eigenvalue weighted by atomic mass is 35.5. The van der Waals surface area contributed by atoms with Crippen molar-refractivity contribution in [1.29, 1.82) is 0 Å². The van der Waals surface area contributed by atoms with Crippen LogP contribution in [0.4, 0.5) is 0 Å². The van der Waals surface area contributed by atoms with Crippen molar-refractivity contribution in [3.8, 4) is 5.75 Å². The predicted octanol–water partition coefficient (Wildman–Crippen LogP) is 1.95. The number of nitrogens with two attached hydrogens (primary N) is 1. The van der Waals surface area contributed by atoms with Gasteiger partial charge < -0.3 is 25.0 Å². The van der Waals surface area contributed by atoms with Crippen molar-refractivity contribution in [3.05, 3.63) is 65.7 Å². The van der Waals surface area contributed by atoms with Gasteiger partial charge in [0.1, 0.15) is 18.4 Å². The molecule has 7 nitrogen and oxygen atoms in total. The molecule has 0 spiro atoms. The summed E-state index contributed by atoms with van der Waals surface area (Å²) in [5, 5.41) is 0. The van der Waals surface area contributed by atoms with E-state index in [4.69, 9.17) is 15.2 Å². The molecule has 0 saturated carbocycles. The van der Waals surface area contributed by atoms with Gasteiger partial charge in [-0.1, -0.05) is 30.3 Å². The monoisotopic (exact) mass is 433 g/mol. The normalized spacial score (nSPS) is 14.6. The maximum Gasteiger partial charge on any atom is 0.253 e. The van der Waals surface area contributed by atoms with Crippen molar-refractivity contribution < 1.29 is 19.1 Å². The average molecular weight is 434 g/mol. The van der Waals surface area contributed by atoms with Crippen LogP contribution in [0, 0.1) is 0 Å². The lowest BCUT2D eigenvalue weighted by molar-refractivity contribution is -0.135. The van der Waals surface area contributed by atoms with Crippen molar-refractivity contribution in [1.82, 2.24) is 9.80 Å². The van der Waals surface area contributed by atoms with Crippen molar-refractivity contribution in [3.63, 3.8) is 0 Å². The Bertz CT molecular complexity index is 809. The molecule has 1 aliphatic heterocycles. The highest BCUT2D eigenvalue weighted by Gasteiger charge is 2.27. The summed E-state index contributed by atoms with van der Waals surface area (Å²) in [6.45, 7) is 2.58. The van der Waals surface area contributed by atoms with Gasteiger partial charge in [-0.3, -0.25) is 9.59 Å². The van der Waals surface area contributed by atoms with Crippen LogP contribution in [0.3, 0.4) is 0 Å². The third-order valence-electron chi connectivity index (χ3n) is 4.89. The SMILES string of the molecule is COCC(N)C(=O)N1CCN(C(=O)c2ccc(OCc3ccccc3)cc2)CC1.Cl. The summed E-state index contributed by atoms with van der Waals surface area (Å²) in [5.41, 5.74) is 7.50. The molecule has 8 heteroatoms. The van der Waals surface area contributed by atoms with Crippen LogP contribution >= 0.6 is 12.4 Å². The lowest BCUT2D eigenvalue weighted by Crippen LogP contribution is -2.55. The first-order valence-corrected chi connectivity index (χ1v) is 9.68. The molecular weight excluding hydrogens is 406 g/mol. The van der Waals surface area contributed by atoms with E-state index in [-0.39, 0.29) is 30.8 Å². The number of hydrogen-bond acceptors (Lipinski definition) is 5. The number of hydrogen-bond donors (Lipinski definition) is 1. The molecule has 1 aliphatic rings. The first kappa shape index (κ1) is 23.7. The van der Waals surface area contributed by atoms with Crippen LogP contribution in [0.5, 0.6) is 5.75 Å². The van der Waals surface area contributed by atoms with E-state index in [0.29, 0.717) is 44.1 Å². The van der Waals surface area contributed by atoms with Crippen molar-refractivity contribution >= 4 is 24.2 Å². The van der Waals surface area contributed by atoms with E-state index in [2.05, 4.69) is 0 Å². The molecule has 1 atom stereocenters. The number of halogens is 1. The van der Waals surface area contributed by atoms with Crippen LogP contribution in [-0.2, 0) is 16.1 Å². The highest BCUT2D eigenvalue weighted by molar-refractivity contribution is 5.94. The van der Waals surface area contributed by atoms with E-state index < -0.39 is 6.04 Å². The van der Waals surface area contributed by atoms with Gasteiger partial charge in [-0.25, -0.2) is 0 Å². The number of rotatable bonds is 7. The zero-order chi connectivity index (χ0) is 20.6. The van der Waals surface area contributed by atoms with Crippen LogP contribution < -0.4 is 10.5 Å². The summed E-state index contributed by atoms with van der Waals surface area (Å²) in [4.78, 5) is 28.4. The van der Waals surface area contributed by atoms with Crippen molar-refractivity contribution in [2.24, 2.45) is 5.73 Å². The van der Waals surface area contributed by atoms with E-state index in [1.165, 1.54) is 7.11 Å². The summed E-state index contributed by atoms with van der Waals surface area (Å²) >= 11 is 0. The Labute approximate surface area is 183 Å². The second-order valence-electron chi connectivity index (χ2n) is 6.98. The molecule has 0 aliphatic carbocycles. The topological polar surface area (TPSA) is 85.1 Å². The van der Waals surface area contributed by atoms with Gasteiger partial charge in [0, 0.05) is 38.9 Å². The largest absolute Gasteiger partial charge is 0.489 e. The molecule has 0 bridgehead atoms. The van der Waals surface area contributed by atoms with Gasteiger partial charge in [-0.2, -0.15) is 0 Å². The molecule has 30 heavy (non-hydrogen) atoms. The van der Waals surface area contributed by atoms with Gasteiger partial charge in [0.05, 0.1) is 6.61 Å². The number of methoxy groups -OCH3 is 1. The predicted molar refractivity (Wildman–Crippen MR) is 117 cm³/mol. The molecule has 162 valence electrons. The first-order chi connectivity index (χ1) is 14.1. The fourth-order valence-corrected chi connectivity index (χ4v) is 3.23. The number of piperazine rings is 1. The summed E-state index contributed by atoms with van der Waals surface area (Å²) < 4.78 is 10.7. The zero-order valence-electron chi connectivity index (χ0n) is 17.0. The van der Waals surface area contributed by atoms with Crippen molar-refractivity contribution in [2.45, 2.75) is 12.6 Å². The second kappa shape index (κ2) is 11.5. The van der Waals surface area contributed by atoms with Crippen LogP contribution in [0.1, 0.15) is 15.9 Å². The molecule has 1 fully saturated rings. The van der Waals surface area contributed by atoms with Crippen LogP contribution in [-0.4, -0.2) is 67.6 Å². The molecule has 1 unspecified atom stereocenters. The Hall–Kier alpha value is -2.61. The summed E-state index contributed by atoms with van der Waals surface area (Å²) in [6, 6.07) is 16.4. The number of benzene rings is 2. The minimum Gasteiger partial charge on any atom is -0.489 e. The van der Waals surface area contributed by atoms with Crippen LogP contribution in [0.25, 0.3) is 0 Å². The van der Waals surface area contributed by atoms with Crippen LogP contribution in [0.15, 0.2) is 54.6 Å². The fourth-order valence-electron chi connectivity index (χ4n) is 3.23. The molecule has 1 heterocycles. The highest BCUT2D eigenvalue weighted by Crippen LogP contribution is 2.16. The molecule has 2 aromatic rings. The van der Waals surface area contributed by atoms with Gasteiger partial charge in [0.15, 0.2) is 0 Å².